The van der Waals surface area contributed by atoms with Crippen molar-refractivity contribution in [3.63, 3.8) is 0 Å². The van der Waals surface area contributed by atoms with E-state index in [1.165, 1.54) is 11.3 Å². The van der Waals surface area contributed by atoms with Gasteiger partial charge < -0.3 is 5.32 Å². The van der Waals surface area contributed by atoms with Gasteiger partial charge in [-0.2, -0.15) is 0 Å². The highest BCUT2D eigenvalue weighted by Gasteiger charge is 2.26. The molecule has 0 radical (unpaired) electrons. The highest BCUT2D eigenvalue weighted by molar-refractivity contribution is 9.11. The first-order chi connectivity index (χ1) is 6.83. The molecule has 1 aromatic heterocycles. The van der Waals surface area contributed by atoms with E-state index in [4.69, 9.17) is 0 Å². The monoisotopic (exact) mass is 353 g/mol. The van der Waals surface area contributed by atoms with E-state index >= 15 is 0 Å². The van der Waals surface area contributed by atoms with E-state index in [0.29, 0.717) is 0 Å². The van der Waals surface area contributed by atoms with Crippen LogP contribution in [0.2, 0.25) is 0 Å². The molecule has 1 unspecified atom stereocenters. The van der Waals surface area contributed by atoms with Gasteiger partial charge in [0.05, 0.1) is 8.66 Å². The maximum Gasteiger partial charge on any atom is 0.261 e. The Morgan fingerprint density at radius 3 is 2.53 bits per heavy atom. The lowest BCUT2D eigenvalue weighted by atomic mass is 10.0. The maximum atomic E-state index is 11.8. The quantitative estimate of drug-likeness (QED) is 0.822. The summed E-state index contributed by atoms with van der Waals surface area (Å²) < 4.78 is 0.970. The zero-order valence-corrected chi connectivity index (χ0v) is 12.8. The van der Waals surface area contributed by atoms with Crippen LogP contribution in [0.15, 0.2) is 15.9 Å². The number of amides is 1. The fourth-order valence-corrected chi connectivity index (χ4v) is 2.29. The van der Waals surface area contributed by atoms with Crippen LogP contribution in [0.1, 0.15) is 30.4 Å². The molecule has 1 aromatic rings. The zero-order chi connectivity index (χ0) is 11.6. The molecule has 1 rings (SSSR count). The molecule has 5 heteroatoms. The summed E-state index contributed by atoms with van der Waals surface area (Å²) in [5.41, 5.74) is -0.256. The van der Waals surface area contributed by atoms with Crippen LogP contribution < -0.4 is 5.32 Å². The van der Waals surface area contributed by atoms with Crippen LogP contribution >= 0.6 is 43.2 Å². The van der Waals surface area contributed by atoms with Gasteiger partial charge in [0.25, 0.3) is 5.91 Å². The minimum atomic E-state index is -0.256. The van der Waals surface area contributed by atoms with Crippen LogP contribution in [0.4, 0.5) is 0 Å². The second kappa shape index (κ2) is 4.97. The summed E-state index contributed by atoms with van der Waals surface area (Å²) in [5, 5.41) is 2.99. The second-order valence-corrected chi connectivity index (χ2v) is 7.73. The molecule has 1 N–H and O–H groups in total. The van der Waals surface area contributed by atoms with Crippen LogP contribution in [-0.2, 0) is 0 Å². The lowest BCUT2D eigenvalue weighted by molar-refractivity contribution is 0.0918. The largest absolute Gasteiger partial charge is 0.345 e. The summed E-state index contributed by atoms with van der Waals surface area (Å²) >= 11 is 8.26. The molecule has 1 amide bonds. The molecule has 1 atom stereocenters. The average Bonchev–Trinajstić information content (AvgIpc) is 2.50. The van der Waals surface area contributed by atoms with Gasteiger partial charge in [0.1, 0.15) is 0 Å². The Bertz CT molecular complexity index is 360. The third kappa shape index (κ3) is 3.57. The highest BCUT2D eigenvalue weighted by Crippen LogP contribution is 2.23. The molecular formula is C10H13Br2NOS. The van der Waals surface area contributed by atoms with Gasteiger partial charge in [-0.05, 0) is 41.9 Å². The van der Waals surface area contributed by atoms with Gasteiger partial charge in [0, 0.05) is 10.4 Å². The fourth-order valence-electron chi connectivity index (χ4n) is 0.890. The van der Waals surface area contributed by atoms with Gasteiger partial charge in [-0.15, -0.1) is 11.3 Å². The number of hydrogen-bond donors (Lipinski definition) is 1. The number of nitrogens with one attached hydrogen (secondary N) is 1. The molecule has 84 valence electrons. The standard InChI is InChI=1S/C10H13Br2NOS/c1-6(11)10(2,3)13-9(14)7-4-5-8(12)15-7/h4-6H,1-3H3,(H,13,14). The van der Waals surface area contributed by atoms with Gasteiger partial charge in [0.15, 0.2) is 0 Å². The van der Waals surface area contributed by atoms with Gasteiger partial charge in [0.2, 0.25) is 0 Å². The Hall–Kier alpha value is 0.130. The van der Waals surface area contributed by atoms with Crippen LogP contribution in [-0.4, -0.2) is 16.3 Å². The number of hydrogen-bond acceptors (Lipinski definition) is 2. The molecule has 0 fully saturated rings. The van der Waals surface area contributed by atoms with Crippen molar-refractivity contribution in [2.75, 3.05) is 0 Å². The smallest absolute Gasteiger partial charge is 0.261 e. The van der Waals surface area contributed by atoms with E-state index in [2.05, 4.69) is 37.2 Å². The van der Waals surface area contributed by atoms with Crippen molar-refractivity contribution < 1.29 is 4.79 Å². The summed E-state index contributed by atoms with van der Waals surface area (Å²) in [6, 6.07) is 3.70. The Morgan fingerprint density at radius 2 is 2.13 bits per heavy atom. The van der Waals surface area contributed by atoms with Crippen molar-refractivity contribution in [3.8, 4) is 0 Å². The minimum Gasteiger partial charge on any atom is -0.345 e. The average molecular weight is 355 g/mol. The van der Waals surface area contributed by atoms with E-state index in [0.717, 1.165) is 8.66 Å². The lowest BCUT2D eigenvalue weighted by Gasteiger charge is -2.28. The predicted octanol–water partition coefficient (Wildman–Crippen LogP) is 3.80. The molecule has 2 nitrogen and oxygen atoms in total. The van der Waals surface area contributed by atoms with Crippen LogP contribution in [0.5, 0.6) is 0 Å². The second-order valence-electron chi connectivity index (χ2n) is 3.90. The third-order valence-electron chi connectivity index (χ3n) is 2.23. The molecular weight excluding hydrogens is 342 g/mol. The molecule has 0 aliphatic rings. The fraction of sp³-hybridized carbons (Fsp3) is 0.500. The summed E-state index contributed by atoms with van der Waals surface area (Å²) in [4.78, 5) is 12.8. The maximum absolute atomic E-state index is 11.8. The van der Waals surface area contributed by atoms with Gasteiger partial charge in [-0.1, -0.05) is 22.9 Å². The molecule has 0 bridgehead atoms. The Morgan fingerprint density at radius 1 is 1.53 bits per heavy atom. The van der Waals surface area contributed by atoms with Crippen molar-refractivity contribution in [2.24, 2.45) is 0 Å². The van der Waals surface area contributed by atoms with E-state index in [1.807, 2.05) is 32.9 Å². The molecule has 0 aliphatic heterocycles. The zero-order valence-electron chi connectivity index (χ0n) is 8.80. The SMILES string of the molecule is CC(Br)C(C)(C)NC(=O)c1ccc(Br)s1. The first-order valence-electron chi connectivity index (χ1n) is 4.55. The Labute approximate surface area is 111 Å². The number of thiophene rings is 1. The molecule has 0 saturated carbocycles. The van der Waals surface area contributed by atoms with Crippen LogP contribution in [0, 0.1) is 0 Å². The first-order valence-corrected chi connectivity index (χ1v) is 7.07. The van der Waals surface area contributed by atoms with Gasteiger partial charge in [-0.25, -0.2) is 0 Å². The first kappa shape index (κ1) is 13.2. The number of halogens is 2. The van der Waals surface area contributed by atoms with Crippen molar-refractivity contribution in [1.29, 1.82) is 0 Å². The summed E-state index contributed by atoms with van der Waals surface area (Å²) in [6.07, 6.45) is 0. The predicted molar refractivity (Wildman–Crippen MR) is 72.0 cm³/mol. The highest BCUT2D eigenvalue weighted by atomic mass is 79.9. The van der Waals surface area contributed by atoms with Crippen molar-refractivity contribution >= 4 is 49.1 Å². The molecule has 0 spiro atoms. The van der Waals surface area contributed by atoms with Crippen molar-refractivity contribution in [3.05, 3.63) is 20.8 Å². The molecule has 15 heavy (non-hydrogen) atoms. The van der Waals surface area contributed by atoms with E-state index in [-0.39, 0.29) is 16.3 Å². The third-order valence-corrected chi connectivity index (χ3v) is 4.99. The Balaban J connectivity index is 2.72. The summed E-state index contributed by atoms with van der Waals surface area (Å²) in [7, 11) is 0. The van der Waals surface area contributed by atoms with E-state index in [9.17, 15) is 4.79 Å². The minimum absolute atomic E-state index is 0.0259. The van der Waals surface area contributed by atoms with E-state index < -0.39 is 0 Å². The van der Waals surface area contributed by atoms with Crippen molar-refractivity contribution in [2.45, 2.75) is 31.1 Å². The van der Waals surface area contributed by atoms with Gasteiger partial charge >= 0.3 is 0 Å². The van der Waals surface area contributed by atoms with Gasteiger partial charge in [-0.3, -0.25) is 4.79 Å². The van der Waals surface area contributed by atoms with E-state index in [1.54, 1.807) is 0 Å². The number of rotatable bonds is 3. The number of alkyl halides is 1. The molecule has 1 heterocycles. The van der Waals surface area contributed by atoms with Crippen LogP contribution in [0.3, 0.4) is 0 Å². The molecule has 0 aliphatic carbocycles. The summed E-state index contributed by atoms with van der Waals surface area (Å²) in [6.45, 7) is 6.00. The van der Waals surface area contributed by atoms with Crippen molar-refractivity contribution in [1.82, 2.24) is 5.32 Å². The molecule has 0 saturated heterocycles. The normalized spacial score (nSPS) is 13.7. The number of carbonyl (C=O) groups is 1. The topological polar surface area (TPSA) is 29.1 Å². The Kier molecular flexibility index (Phi) is 4.38. The van der Waals surface area contributed by atoms with Crippen LogP contribution in [0.25, 0.3) is 0 Å². The molecule has 0 aromatic carbocycles. The number of carbonyl (C=O) groups excluding carboxylic acids is 1. The summed E-state index contributed by atoms with van der Waals surface area (Å²) in [5.74, 6) is -0.0259. The lowest BCUT2D eigenvalue weighted by Crippen LogP contribution is -2.48.